The highest BCUT2D eigenvalue weighted by molar-refractivity contribution is 7.09. The molecule has 0 aliphatic carbocycles. The predicted molar refractivity (Wildman–Crippen MR) is 85.2 cm³/mol. The van der Waals surface area contributed by atoms with Crippen LogP contribution in [0.15, 0.2) is 41.8 Å². The number of nitrogens with one attached hydrogen (secondary N) is 2. The van der Waals surface area contributed by atoms with E-state index in [1.807, 2.05) is 42.6 Å². The molecule has 0 radical (unpaired) electrons. The van der Waals surface area contributed by atoms with Crippen LogP contribution in [-0.2, 0) is 19.6 Å². The fraction of sp³-hybridized carbons (Fsp3) is 0.312. The van der Waals surface area contributed by atoms with Crippen LogP contribution in [0.1, 0.15) is 22.9 Å². The Morgan fingerprint density at radius 3 is 2.67 bits per heavy atom. The van der Waals surface area contributed by atoms with Crippen LogP contribution in [0.4, 0.5) is 4.79 Å². The van der Waals surface area contributed by atoms with Crippen LogP contribution in [-0.4, -0.2) is 17.2 Å². The van der Waals surface area contributed by atoms with Gasteiger partial charge in [-0.05, 0) is 29.5 Å². The minimum absolute atomic E-state index is 0.0196. The summed E-state index contributed by atoms with van der Waals surface area (Å²) in [4.78, 5) is 13.1. The number of benzene rings is 1. The van der Waals surface area contributed by atoms with Crippen LogP contribution in [0.3, 0.4) is 0 Å². The van der Waals surface area contributed by atoms with Gasteiger partial charge in [0.1, 0.15) is 0 Å². The molecular weight excluding hydrogens is 284 g/mol. The molecule has 2 aromatic rings. The zero-order valence-corrected chi connectivity index (χ0v) is 12.8. The minimum atomic E-state index is -0.188. The summed E-state index contributed by atoms with van der Waals surface area (Å²) >= 11 is 1.69. The Morgan fingerprint density at radius 2 is 2.00 bits per heavy atom. The molecule has 0 saturated carbocycles. The molecule has 1 unspecified atom stereocenters. The van der Waals surface area contributed by atoms with E-state index in [9.17, 15) is 9.90 Å². The van der Waals surface area contributed by atoms with Gasteiger partial charge >= 0.3 is 6.03 Å². The summed E-state index contributed by atoms with van der Waals surface area (Å²) in [6, 6.07) is 11.5. The van der Waals surface area contributed by atoms with Gasteiger partial charge in [-0.1, -0.05) is 30.3 Å². The molecule has 3 N–H and O–H groups in total. The van der Waals surface area contributed by atoms with Gasteiger partial charge in [0, 0.05) is 23.9 Å². The van der Waals surface area contributed by atoms with Crippen LogP contribution >= 0.6 is 11.3 Å². The van der Waals surface area contributed by atoms with Gasteiger partial charge < -0.3 is 15.7 Å². The van der Waals surface area contributed by atoms with E-state index in [4.69, 9.17) is 0 Å². The molecule has 0 fully saturated rings. The molecule has 1 aromatic carbocycles. The highest BCUT2D eigenvalue weighted by Gasteiger charge is 2.09. The maximum absolute atomic E-state index is 11.9. The van der Waals surface area contributed by atoms with Crippen molar-refractivity contribution in [1.29, 1.82) is 0 Å². The third-order valence-corrected chi connectivity index (χ3v) is 4.09. The number of aliphatic hydroxyl groups is 1. The molecule has 0 spiro atoms. The number of urea groups is 1. The molecule has 112 valence electrons. The van der Waals surface area contributed by atoms with Crippen molar-refractivity contribution in [2.45, 2.75) is 32.5 Å². The van der Waals surface area contributed by atoms with Crippen LogP contribution in [0.2, 0.25) is 0 Å². The van der Waals surface area contributed by atoms with Gasteiger partial charge in [-0.2, -0.15) is 0 Å². The number of carbonyl (C=O) groups is 1. The Labute approximate surface area is 128 Å². The maximum Gasteiger partial charge on any atom is 0.315 e. The lowest BCUT2D eigenvalue weighted by Crippen LogP contribution is -2.41. The molecular formula is C16H20N2O2S. The van der Waals surface area contributed by atoms with Gasteiger partial charge in [0.15, 0.2) is 0 Å². The van der Waals surface area contributed by atoms with Crippen molar-refractivity contribution in [3.63, 3.8) is 0 Å². The summed E-state index contributed by atoms with van der Waals surface area (Å²) in [7, 11) is 0. The second kappa shape index (κ2) is 7.81. The van der Waals surface area contributed by atoms with Crippen LogP contribution in [0.25, 0.3) is 0 Å². The van der Waals surface area contributed by atoms with Gasteiger partial charge in [0.05, 0.1) is 6.61 Å². The molecule has 0 aliphatic heterocycles. The Morgan fingerprint density at radius 1 is 1.24 bits per heavy atom. The van der Waals surface area contributed by atoms with Crippen molar-refractivity contribution in [1.82, 2.24) is 10.6 Å². The summed E-state index contributed by atoms with van der Waals surface area (Å²) in [5.74, 6) is 0. The molecule has 21 heavy (non-hydrogen) atoms. The summed E-state index contributed by atoms with van der Waals surface area (Å²) in [6.07, 6.45) is 0.832. The van der Waals surface area contributed by atoms with Crippen LogP contribution < -0.4 is 10.6 Å². The normalized spacial score (nSPS) is 11.9. The highest BCUT2D eigenvalue weighted by atomic mass is 32.1. The van der Waals surface area contributed by atoms with Crippen molar-refractivity contribution in [3.05, 3.63) is 57.8 Å². The van der Waals surface area contributed by atoms with E-state index in [1.54, 1.807) is 11.3 Å². The maximum atomic E-state index is 11.9. The molecule has 0 bridgehead atoms. The number of thiophene rings is 1. The highest BCUT2D eigenvalue weighted by Crippen LogP contribution is 2.11. The molecule has 0 aliphatic rings. The molecule has 1 heterocycles. The second-order valence-electron chi connectivity index (χ2n) is 4.94. The number of rotatable bonds is 6. The quantitative estimate of drug-likeness (QED) is 0.768. The molecule has 2 amide bonds. The average molecular weight is 304 g/mol. The minimum Gasteiger partial charge on any atom is -0.392 e. The van der Waals surface area contributed by atoms with E-state index in [1.165, 1.54) is 4.88 Å². The van der Waals surface area contributed by atoms with E-state index in [2.05, 4.69) is 16.7 Å². The monoisotopic (exact) mass is 304 g/mol. The largest absolute Gasteiger partial charge is 0.392 e. The molecule has 2 rings (SSSR count). The first-order chi connectivity index (χ1) is 10.2. The van der Waals surface area contributed by atoms with Crippen LogP contribution in [0, 0.1) is 0 Å². The zero-order chi connectivity index (χ0) is 15.1. The van der Waals surface area contributed by atoms with Gasteiger partial charge in [0.25, 0.3) is 0 Å². The van der Waals surface area contributed by atoms with E-state index < -0.39 is 0 Å². The first kappa shape index (κ1) is 15.5. The SMILES string of the molecule is CC(Cc1cccs1)NC(=O)NCc1ccccc1CO. The third-order valence-electron chi connectivity index (χ3n) is 3.19. The summed E-state index contributed by atoms with van der Waals surface area (Å²) in [6.45, 7) is 2.38. The van der Waals surface area contributed by atoms with Crippen molar-refractivity contribution >= 4 is 17.4 Å². The fourth-order valence-electron chi connectivity index (χ4n) is 2.12. The van der Waals surface area contributed by atoms with E-state index >= 15 is 0 Å². The number of aliphatic hydroxyl groups excluding tert-OH is 1. The van der Waals surface area contributed by atoms with Crippen molar-refractivity contribution in [2.75, 3.05) is 0 Å². The summed E-state index contributed by atoms with van der Waals surface area (Å²) in [5.41, 5.74) is 1.77. The number of hydrogen-bond acceptors (Lipinski definition) is 3. The number of amides is 2. The number of carbonyl (C=O) groups excluding carboxylic acids is 1. The Kier molecular flexibility index (Phi) is 5.78. The molecule has 5 heteroatoms. The lowest BCUT2D eigenvalue weighted by atomic mass is 10.1. The average Bonchev–Trinajstić information content (AvgIpc) is 2.98. The van der Waals surface area contributed by atoms with Gasteiger partial charge in [0.2, 0.25) is 0 Å². The molecule has 1 atom stereocenters. The van der Waals surface area contributed by atoms with Crippen molar-refractivity contribution in [2.24, 2.45) is 0 Å². The molecule has 0 saturated heterocycles. The zero-order valence-electron chi connectivity index (χ0n) is 12.0. The number of hydrogen-bond donors (Lipinski definition) is 3. The van der Waals surface area contributed by atoms with E-state index in [0.717, 1.165) is 17.5 Å². The first-order valence-electron chi connectivity index (χ1n) is 6.93. The summed E-state index contributed by atoms with van der Waals surface area (Å²) in [5, 5.41) is 17.0. The third kappa shape index (κ3) is 4.88. The van der Waals surface area contributed by atoms with Gasteiger partial charge in [-0.15, -0.1) is 11.3 Å². The lowest BCUT2D eigenvalue weighted by Gasteiger charge is -2.14. The smallest absolute Gasteiger partial charge is 0.315 e. The molecule has 1 aromatic heterocycles. The first-order valence-corrected chi connectivity index (χ1v) is 7.81. The van der Waals surface area contributed by atoms with Gasteiger partial charge in [-0.3, -0.25) is 0 Å². The Bertz CT molecular complexity index is 569. The van der Waals surface area contributed by atoms with Crippen molar-refractivity contribution in [3.8, 4) is 0 Å². The van der Waals surface area contributed by atoms with E-state index in [-0.39, 0.29) is 18.7 Å². The Balaban J connectivity index is 1.79. The Hall–Kier alpha value is -1.85. The predicted octanol–water partition coefficient (Wildman–Crippen LogP) is 2.67. The fourth-order valence-corrected chi connectivity index (χ4v) is 2.95. The standard InChI is InChI=1S/C16H20N2O2S/c1-12(9-15-7-4-8-21-15)18-16(20)17-10-13-5-2-3-6-14(13)11-19/h2-8,12,19H,9-11H2,1H3,(H2,17,18,20). The molecule has 4 nitrogen and oxygen atoms in total. The van der Waals surface area contributed by atoms with Gasteiger partial charge in [-0.25, -0.2) is 4.79 Å². The van der Waals surface area contributed by atoms with Crippen molar-refractivity contribution < 1.29 is 9.90 Å². The topological polar surface area (TPSA) is 61.4 Å². The van der Waals surface area contributed by atoms with Crippen LogP contribution in [0.5, 0.6) is 0 Å². The van der Waals surface area contributed by atoms with E-state index in [0.29, 0.717) is 6.54 Å². The lowest BCUT2D eigenvalue weighted by molar-refractivity contribution is 0.237. The summed E-state index contributed by atoms with van der Waals surface area (Å²) < 4.78 is 0. The second-order valence-corrected chi connectivity index (χ2v) is 5.97.